The van der Waals surface area contributed by atoms with Crippen molar-refractivity contribution in [3.8, 4) is 5.75 Å². The van der Waals surface area contributed by atoms with E-state index in [0.29, 0.717) is 18.7 Å². The van der Waals surface area contributed by atoms with Crippen LogP contribution in [0.1, 0.15) is 25.8 Å². The summed E-state index contributed by atoms with van der Waals surface area (Å²) in [5.74, 6) is -0.938. The summed E-state index contributed by atoms with van der Waals surface area (Å²) in [6.07, 6.45) is -0.212. The maximum atomic E-state index is 11.8. The number of nitrogens with one attached hydrogen (secondary N) is 1. The number of carboxylic acid groups (broad SMARTS) is 1. The molecule has 2 unspecified atom stereocenters. The highest BCUT2D eigenvalue weighted by Gasteiger charge is 2.16. The van der Waals surface area contributed by atoms with E-state index in [1.54, 1.807) is 13.8 Å². The average Bonchev–Trinajstić information content (AvgIpc) is 2.40. The zero-order valence-electron chi connectivity index (χ0n) is 12.1. The summed E-state index contributed by atoms with van der Waals surface area (Å²) in [5, 5.41) is 11.4. The first-order chi connectivity index (χ1) is 9.40. The van der Waals surface area contributed by atoms with Crippen LogP contribution in [0.25, 0.3) is 0 Å². The standard InChI is InChI=1S/C15H21NO4/c1-10-4-6-13(7-5-10)20-12(3)14(17)16-9-8-11(2)15(18)19/h4-7,11-12H,8-9H2,1-3H3,(H,16,17)(H,18,19). The van der Waals surface area contributed by atoms with Crippen LogP contribution in [0.5, 0.6) is 5.75 Å². The van der Waals surface area contributed by atoms with Crippen LogP contribution in [0.4, 0.5) is 0 Å². The molecule has 2 atom stereocenters. The van der Waals surface area contributed by atoms with Crippen molar-refractivity contribution in [2.24, 2.45) is 5.92 Å². The molecule has 1 rings (SSSR count). The summed E-state index contributed by atoms with van der Waals surface area (Å²) < 4.78 is 5.51. The van der Waals surface area contributed by atoms with E-state index in [9.17, 15) is 9.59 Å². The van der Waals surface area contributed by atoms with E-state index >= 15 is 0 Å². The Hall–Kier alpha value is -2.04. The molecule has 0 bridgehead atoms. The average molecular weight is 279 g/mol. The van der Waals surface area contributed by atoms with Gasteiger partial charge in [-0.25, -0.2) is 0 Å². The number of carboxylic acids is 1. The lowest BCUT2D eigenvalue weighted by Crippen LogP contribution is -2.37. The quantitative estimate of drug-likeness (QED) is 0.800. The monoisotopic (exact) mass is 279 g/mol. The summed E-state index contributed by atoms with van der Waals surface area (Å²) in [4.78, 5) is 22.4. The highest BCUT2D eigenvalue weighted by Crippen LogP contribution is 2.13. The Morgan fingerprint density at radius 3 is 2.40 bits per heavy atom. The van der Waals surface area contributed by atoms with E-state index in [1.807, 2.05) is 31.2 Å². The van der Waals surface area contributed by atoms with Crippen LogP contribution in [0.15, 0.2) is 24.3 Å². The van der Waals surface area contributed by atoms with Gasteiger partial charge in [0, 0.05) is 6.54 Å². The van der Waals surface area contributed by atoms with Gasteiger partial charge < -0.3 is 15.2 Å². The molecule has 5 nitrogen and oxygen atoms in total. The lowest BCUT2D eigenvalue weighted by atomic mass is 10.1. The van der Waals surface area contributed by atoms with Crippen LogP contribution in [0.2, 0.25) is 0 Å². The van der Waals surface area contributed by atoms with Crippen molar-refractivity contribution in [2.75, 3.05) is 6.54 Å². The number of rotatable bonds is 7. The summed E-state index contributed by atoms with van der Waals surface area (Å²) >= 11 is 0. The molecular weight excluding hydrogens is 258 g/mol. The third-order valence-corrected chi connectivity index (χ3v) is 3.00. The van der Waals surface area contributed by atoms with E-state index in [-0.39, 0.29) is 5.91 Å². The van der Waals surface area contributed by atoms with E-state index in [0.717, 1.165) is 5.56 Å². The zero-order valence-corrected chi connectivity index (χ0v) is 12.1. The van der Waals surface area contributed by atoms with Gasteiger partial charge in [-0.05, 0) is 32.4 Å². The van der Waals surface area contributed by atoms with Crippen LogP contribution < -0.4 is 10.1 Å². The second-order valence-electron chi connectivity index (χ2n) is 4.89. The summed E-state index contributed by atoms with van der Waals surface area (Å²) in [7, 11) is 0. The Bertz CT molecular complexity index is 455. The fourth-order valence-electron chi connectivity index (χ4n) is 1.55. The molecule has 0 saturated heterocycles. The molecule has 0 aromatic heterocycles. The molecule has 0 saturated carbocycles. The maximum absolute atomic E-state index is 11.8. The first-order valence-corrected chi connectivity index (χ1v) is 6.64. The van der Waals surface area contributed by atoms with Crippen LogP contribution >= 0.6 is 0 Å². The van der Waals surface area contributed by atoms with Crippen molar-refractivity contribution >= 4 is 11.9 Å². The Kier molecular flexibility index (Phi) is 6.03. The molecule has 110 valence electrons. The van der Waals surface area contributed by atoms with Crippen molar-refractivity contribution < 1.29 is 19.4 Å². The summed E-state index contributed by atoms with van der Waals surface area (Å²) in [6, 6.07) is 7.44. The van der Waals surface area contributed by atoms with Gasteiger partial charge in [0.25, 0.3) is 5.91 Å². The number of benzene rings is 1. The smallest absolute Gasteiger partial charge is 0.306 e. The number of aliphatic carboxylic acids is 1. The molecule has 5 heteroatoms. The van der Waals surface area contributed by atoms with Crippen LogP contribution in [-0.4, -0.2) is 29.6 Å². The number of ether oxygens (including phenoxy) is 1. The van der Waals surface area contributed by atoms with Gasteiger partial charge in [0.15, 0.2) is 6.10 Å². The van der Waals surface area contributed by atoms with Crippen molar-refractivity contribution in [2.45, 2.75) is 33.3 Å². The van der Waals surface area contributed by atoms with Crippen molar-refractivity contribution in [1.82, 2.24) is 5.32 Å². The maximum Gasteiger partial charge on any atom is 0.306 e. The van der Waals surface area contributed by atoms with Crippen molar-refractivity contribution in [3.05, 3.63) is 29.8 Å². The normalized spacial score (nSPS) is 13.3. The SMILES string of the molecule is Cc1ccc(OC(C)C(=O)NCCC(C)C(=O)O)cc1. The largest absolute Gasteiger partial charge is 0.481 e. The Morgan fingerprint density at radius 1 is 1.25 bits per heavy atom. The summed E-state index contributed by atoms with van der Waals surface area (Å²) in [6.45, 7) is 5.58. The Balaban J connectivity index is 2.35. The molecule has 0 radical (unpaired) electrons. The summed E-state index contributed by atoms with van der Waals surface area (Å²) in [5.41, 5.74) is 1.12. The molecule has 0 aliphatic heterocycles. The van der Waals surface area contributed by atoms with Crippen molar-refractivity contribution in [3.63, 3.8) is 0 Å². The molecule has 0 aliphatic carbocycles. The lowest BCUT2D eigenvalue weighted by Gasteiger charge is -2.15. The molecule has 0 aliphatic rings. The number of carbonyl (C=O) groups excluding carboxylic acids is 1. The number of carbonyl (C=O) groups is 2. The second-order valence-corrected chi connectivity index (χ2v) is 4.89. The molecule has 2 N–H and O–H groups in total. The van der Waals surface area contributed by atoms with E-state index in [1.165, 1.54) is 0 Å². The third kappa shape index (κ3) is 5.30. The van der Waals surface area contributed by atoms with E-state index in [2.05, 4.69) is 5.32 Å². The minimum Gasteiger partial charge on any atom is -0.481 e. The fourth-order valence-corrected chi connectivity index (χ4v) is 1.55. The predicted octanol–water partition coefficient (Wildman–Crippen LogP) is 1.99. The first-order valence-electron chi connectivity index (χ1n) is 6.64. The number of hydrogen-bond acceptors (Lipinski definition) is 3. The molecule has 0 heterocycles. The second kappa shape index (κ2) is 7.53. The predicted molar refractivity (Wildman–Crippen MR) is 75.7 cm³/mol. The molecule has 1 aromatic carbocycles. The number of amides is 1. The van der Waals surface area contributed by atoms with Gasteiger partial charge in [0.2, 0.25) is 0 Å². The molecule has 0 fully saturated rings. The van der Waals surface area contributed by atoms with Crippen LogP contribution in [0, 0.1) is 12.8 Å². The fraction of sp³-hybridized carbons (Fsp3) is 0.467. The lowest BCUT2D eigenvalue weighted by molar-refractivity contribution is -0.141. The van der Waals surface area contributed by atoms with Gasteiger partial charge in [-0.2, -0.15) is 0 Å². The molecule has 1 aromatic rings. The van der Waals surface area contributed by atoms with Gasteiger partial charge in [0.05, 0.1) is 5.92 Å². The van der Waals surface area contributed by atoms with Gasteiger partial charge in [0.1, 0.15) is 5.75 Å². The minimum absolute atomic E-state index is 0.247. The number of hydrogen-bond donors (Lipinski definition) is 2. The Morgan fingerprint density at radius 2 is 1.85 bits per heavy atom. The third-order valence-electron chi connectivity index (χ3n) is 3.00. The van der Waals surface area contributed by atoms with Gasteiger partial charge >= 0.3 is 5.97 Å². The topological polar surface area (TPSA) is 75.6 Å². The molecule has 1 amide bonds. The first kappa shape index (κ1) is 16.0. The highest BCUT2D eigenvalue weighted by molar-refractivity contribution is 5.80. The van der Waals surface area contributed by atoms with Gasteiger partial charge in [-0.1, -0.05) is 24.6 Å². The molecular formula is C15H21NO4. The van der Waals surface area contributed by atoms with Crippen LogP contribution in [-0.2, 0) is 9.59 Å². The highest BCUT2D eigenvalue weighted by atomic mass is 16.5. The van der Waals surface area contributed by atoms with E-state index < -0.39 is 18.0 Å². The zero-order chi connectivity index (χ0) is 15.1. The van der Waals surface area contributed by atoms with Gasteiger partial charge in [-0.15, -0.1) is 0 Å². The Labute approximate surface area is 118 Å². The molecule has 0 spiro atoms. The van der Waals surface area contributed by atoms with Crippen LogP contribution in [0.3, 0.4) is 0 Å². The minimum atomic E-state index is -0.858. The molecule has 20 heavy (non-hydrogen) atoms. The van der Waals surface area contributed by atoms with E-state index in [4.69, 9.17) is 9.84 Å². The van der Waals surface area contributed by atoms with Gasteiger partial charge in [-0.3, -0.25) is 9.59 Å². The number of aryl methyl sites for hydroxylation is 1. The van der Waals surface area contributed by atoms with Crippen molar-refractivity contribution in [1.29, 1.82) is 0 Å².